The molecule has 1 amide bonds. The van der Waals surface area contributed by atoms with E-state index < -0.39 is 0 Å². The summed E-state index contributed by atoms with van der Waals surface area (Å²) in [5.41, 5.74) is 8.08. The summed E-state index contributed by atoms with van der Waals surface area (Å²) >= 11 is 0. The molecule has 0 aliphatic carbocycles. The van der Waals surface area contributed by atoms with Gasteiger partial charge in [-0.15, -0.1) is 0 Å². The summed E-state index contributed by atoms with van der Waals surface area (Å²) in [6.07, 6.45) is 0. The largest absolute Gasteiger partial charge is 0.496 e. The topological polar surface area (TPSA) is 88.1 Å². The van der Waals surface area contributed by atoms with Crippen LogP contribution in [0.1, 0.15) is 21.5 Å². The maximum absolute atomic E-state index is 12.2. The standard InChI is InChI=1S/C16H15N3O2/c1-21-15-7-6-13(18)8-14(15)16(20)19-10-12-4-2-11(9-17)3-5-12/h2-8H,10,18H2,1H3,(H,19,20). The number of methoxy groups -OCH3 is 1. The number of ether oxygens (including phenoxy) is 1. The molecule has 0 aliphatic heterocycles. The van der Waals surface area contributed by atoms with Crippen LogP contribution in [0.4, 0.5) is 5.69 Å². The van der Waals surface area contributed by atoms with Crippen LogP contribution in [-0.2, 0) is 6.54 Å². The van der Waals surface area contributed by atoms with Gasteiger partial charge in [0.1, 0.15) is 5.75 Å². The van der Waals surface area contributed by atoms with Crippen molar-refractivity contribution < 1.29 is 9.53 Å². The Balaban J connectivity index is 2.08. The number of nitrogens with two attached hydrogens (primary N) is 1. The number of carbonyl (C=O) groups is 1. The fourth-order valence-electron chi connectivity index (χ4n) is 1.88. The molecule has 2 aromatic rings. The average molecular weight is 281 g/mol. The number of benzene rings is 2. The fraction of sp³-hybridized carbons (Fsp3) is 0.125. The smallest absolute Gasteiger partial charge is 0.255 e. The third-order valence-corrected chi connectivity index (χ3v) is 3.00. The Morgan fingerprint density at radius 1 is 1.29 bits per heavy atom. The monoisotopic (exact) mass is 281 g/mol. The molecule has 2 aromatic carbocycles. The second-order valence-corrected chi connectivity index (χ2v) is 4.45. The molecule has 0 fully saturated rings. The van der Waals surface area contributed by atoms with Gasteiger partial charge in [-0.05, 0) is 35.9 Å². The number of anilines is 1. The first-order valence-corrected chi connectivity index (χ1v) is 6.35. The summed E-state index contributed by atoms with van der Waals surface area (Å²) in [7, 11) is 1.50. The fourth-order valence-corrected chi connectivity index (χ4v) is 1.88. The van der Waals surface area contributed by atoms with Crippen molar-refractivity contribution in [1.82, 2.24) is 5.32 Å². The predicted octanol–water partition coefficient (Wildman–Crippen LogP) is 2.08. The van der Waals surface area contributed by atoms with E-state index in [1.165, 1.54) is 7.11 Å². The Bertz CT molecular complexity index is 688. The molecule has 3 N–H and O–H groups in total. The van der Waals surface area contributed by atoms with Crippen LogP contribution in [-0.4, -0.2) is 13.0 Å². The van der Waals surface area contributed by atoms with Crippen LogP contribution in [0.3, 0.4) is 0 Å². The molecule has 21 heavy (non-hydrogen) atoms. The quantitative estimate of drug-likeness (QED) is 0.840. The van der Waals surface area contributed by atoms with E-state index in [9.17, 15) is 4.79 Å². The maximum Gasteiger partial charge on any atom is 0.255 e. The molecule has 0 saturated carbocycles. The summed E-state index contributed by atoms with van der Waals surface area (Å²) in [6.45, 7) is 0.364. The first-order chi connectivity index (χ1) is 10.1. The van der Waals surface area contributed by atoms with Gasteiger partial charge in [0, 0.05) is 12.2 Å². The number of amides is 1. The van der Waals surface area contributed by atoms with E-state index in [-0.39, 0.29) is 5.91 Å². The van der Waals surface area contributed by atoms with Gasteiger partial charge in [0.15, 0.2) is 0 Å². The molecule has 5 nitrogen and oxygen atoms in total. The van der Waals surface area contributed by atoms with E-state index >= 15 is 0 Å². The molecule has 0 aliphatic rings. The van der Waals surface area contributed by atoms with Crippen molar-refractivity contribution in [3.63, 3.8) is 0 Å². The number of nitrogens with one attached hydrogen (secondary N) is 1. The van der Waals surface area contributed by atoms with Gasteiger partial charge in [-0.3, -0.25) is 4.79 Å². The minimum atomic E-state index is -0.261. The highest BCUT2D eigenvalue weighted by molar-refractivity contribution is 5.97. The van der Waals surface area contributed by atoms with Crippen molar-refractivity contribution >= 4 is 11.6 Å². The third kappa shape index (κ3) is 3.51. The van der Waals surface area contributed by atoms with E-state index in [0.717, 1.165) is 5.56 Å². The van der Waals surface area contributed by atoms with Crippen LogP contribution in [0.25, 0.3) is 0 Å². The van der Waals surface area contributed by atoms with Crippen LogP contribution in [0.2, 0.25) is 0 Å². The minimum absolute atomic E-state index is 0.261. The van der Waals surface area contributed by atoms with Gasteiger partial charge in [0.2, 0.25) is 0 Å². The lowest BCUT2D eigenvalue weighted by atomic mass is 10.1. The van der Waals surface area contributed by atoms with Gasteiger partial charge in [-0.2, -0.15) is 5.26 Å². The third-order valence-electron chi connectivity index (χ3n) is 3.00. The highest BCUT2D eigenvalue weighted by Gasteiger charge is 2.12. The van der Waals surface area contributed by atoms with Crippen molar-refractivity contribution in [3.05, 3.63) is 59.2 Å². The number of hydrogen-bond acceptors (Lipinski definition) is 4. The second-order valence-electron chi connectivity index (χ2n) is 4.45. The van der Waals surface area contributed by atoms with Crippen molar-refractivity contribution in [2.24, 2.45) is 0 Å². The van der Waals surface area contributed by atoms with Crippen LogP contribution in [0.15, 0.2) is 42.5 Å². The Morgan fingerprint density at radius 2 is 2.00 bits per heavy atom. The Hall–Kier alpha value is -3.00. The van der Waals surface area contributed by atoms with Crippen LogP contribution >= 0.6 is 0 Å². The number of hydrogen-bond donors (Lipinski definition) is 2. The Labute approximate surface area is 123 Å². The average Bonchev–Trinajstić information content (AvgIpc) is 2.53. The van der Waals surface area contributed by atoms with E-state index in [1.807, 2.05) is 6.07 Å². The van der Waals surface area contributed by atoms with Crippen LogP contribution in [0.5, 0.6) is 5.75 Å². The highest BCUT2D eigenvalue weighted by atomic mass is 16.5. The molecule has 0 atom stereocenters. The predicted molar refractivity (Wildman–Crippen MR) is 79.7 cm³/mol. The van der Waals surface area contributed by atoms with E-state index in [4.69, 9.17) is 15.7 Å². The normalized spacial score (nSPS) is 9.71. The van der Waals surface area contributed by atoms with Crippen molar-refractivity contribution in [3.8, 4) is 11.8 Å². The molecule has 0 bridgehead atoms. The van der Waals surface area contributed by atoms with Crippen molar-refractivity contribution in [1.29, 1.82) is 5.26 Å². The molecule has 0 unspecified atom stereocenters. The number of rotatable bonds is 4. The molecule has 5 heteroatoms. The highest BCUT2D eigenvalue weighted by Crippen LogP contribution is 2.21. The molecule has 106 valence electrons. The minimum Gasteiger partial charge on any atom is -0.496 e. The molecule has 0 aromatic heterocycles. The summed E-state index contributed by atoms with van der Waals surface area (Å²) < 4.78 is 5.15. The van der Waals surface area contributed by atoms with Crippen LogP contribution in [0, 0.1) is 11.3 Å². The number of carbonyl (C=O) groups excluding carboxylic acids is 1. The molecular weight excluding hydrogens is 266 g/mol. The SMILES string of the molecule is COc1ccc(N)cc1C(=O)NCc1ccc(C#N)cc1. The summed E-state index contributed by atoms with van der Waals surface area (Å²) in [5, 5.41) is 11.5. The van der Waals surface area contributed by atoms with Gasteiger partial charge in [-0.25, -0.2) is 0 Å². The molecular formula is C16H15N3O2. The zero-order valence-corrected chi connectivity index (χ0v) is 11.6. The lowest BCUT2D eigenvalue weighted by Gasteiger charge is -2.10. The maximum atomic E-state index is 12.2. The first-order valence-electron chi connectivity index (χ1n) is 6.35. The molecule has 0 saturated heterocycles. The van der Waals surface area contributed by atoms with E-state index in [1.54, 1.807) is 42.5 Å². The molecule has 0 heterocycles. The Kier molecular flexibility index (Phi) is 4.42. The van der Waals surface area contributed by atoms with Crippen LogP contribution < -0.4 is 15.8 Å². The van der Waals surface area contributed by atoms with Gasteiger partial charge in [0.05, 0.1) is 24.3 Å². The summed E-state index contributed by atoms with van der Waals surface area (Å²) in [5.74, 6) is 0.213. The van der Waals surface area contributed by atoms with Gasteiger partial charge in [-0.1, -0.05) is 12.1 Å². The number of nitrogen functional groups attached to an aromatic ring is 1. The van der Waals surface area contributed by atoms with Gasteiger partial charge in [0.25, 0.3) is 5.91 Å². The zero-order valence-electron chi connectivity index (χ0n) is 11.6. The Morgan fingerprint density at radius 3 is 2.62 bits per heavy atom. The number of nitrogens with zero attached hydrogens (tertiary/aromatic N) is 1. The number of nitriles is 1. The summed E-state index contributed by atoms with van der Waals surface area (Å²) in [4.78, 5) is 12.2. The molecule has 2 rings (SSSR count). The molecule has 0 spiro atoms. The lowest BCUT2D eigenvalue weighted by Crippen LogP contribution is -2.23. The second kappa shape index (κ2) is 6.44. The van der Waals surface area contributed by atoms with Gasteiger partial charge < -0.3 is 15.8 Å². The van der Waals surface area contributed by atoms with Crippen molar-refractivity contribution in [2.45, 2.75) is 6.54 Å². The van der Waals surface area contributed by atoms with E-state index in [2.05, 4.69) is 5.32 Å². The van der Waals surface area contributed by atoms with Gasteiger partial charge >= 0.3 is 0 Å². The zero-order chi connectivity index (χ0) is 15.2. The lowest BCUT2D eigenvalue weighted by molar-refractivity contribution is 0.0948. The molecule has 0 radical (unpaired) electrons. The van der Waals surface area contributed by atoms with E-state index in [0.29, 0.717) is 29.1 Å². The summed E-state index contributed by atoms with van der Waals surface area (Å²) in [6, 6.07) is 14.0. The first kappa shape index (κ1) is 14.4. The van der Waals surface area contributed by atoms with Crippen molar-refractivity contribution in [2.75, 3.05) is 12.8 Å².